The second kappa shape index (κ2) is 5.87. The van der Waals surface area contributed by atoms with Gasteiger partial charge >= 0.3 is 0 Å². The summed E-state index contributed by atoms with van der Waals surface area (Å²) in [4.78, 5) is 0. The molecule has 2 aromatic rings. The van der Waals surface area contributed by atoms with Crippen LogP contribution in [0.2, 0.25) is 5.02 Å². The summed E-state index contributed by atoms with van der Waals surface area (Å²) in [7, 11) is 0. The molecule has 94 valence electrons. The Balaban J connectivity index is 2.25. The summed E-state index contributed by atoms with van der Waals surface area (Å²) in [6.45, 7) is 2.11. The van der Waals surface area contributed by atoms with Crippen LogP contribution in [0.5, 0.6) is 0 Å². The molecule has 0 saturated heterocycles. The van der Waals surface area contributed by atoms with Crippen LogP contribution in [0.3, 0.4) is 0 Å². The van der Waals surface area contributed by atoms with E-state index in [4.69, 9.17) is 17.3 Å². The Morgan fingerprint density at radius 3 is 2.67 bits per heavy atom. The quantitative estimate of drug-likeness (QED) is 0.873. The molecule has 2 N–H and O–H groups in total. The van der Waals surface area contributed by atoms with Crippen molar-refractivity contribution in [2.24, 2.45) is 5.73 Å². The predicted octanol–water partition coefficient (Wildman–Crippen LogP) is 4.65. The summed E-state index contributed by atoms with van der Waals surface area (Å²) >= 11 is 9.54. The van der Waals surface area contributed by atoms with Crippen LogP contribution in [-0.2, 0) is 6.42 Å². The molecular formula is C15H15BrClN. The van der Waals surface area contributed by atoms with Crippen LogP contribution in [0.4, 0.5) is 0 Å². The van der Waals surface area contributed by atoms with E-state index < -0.39 is 0 Å². The van der Waals surface area contributed by atoms with Crippen molar-refractivity contribution in [3.05, 3.63) is 68.7 Å². The van der Waals surface area contributed by atoms with E-state index in [1.165, 1.54) is 11.1 Å². The number of benzene rings is 2. The van der Waals surface area contributed by atoms with Crippen molar-refractivity contribution in [3.63, 3.8) is 0 Å². The normalized spacial score (nSPS) is 12.4. The van der Waals surface area contributed by atoms with E-state index in [9.17, 15) is 0 Å². The van der Waals surface area contributed by atoms with Crippen LogP contribution in [-0.4, -0.2) is 0 Å². The van der Waals surface area contributed by atoms with Crippen molar-refractivity contribution < 1.29 is 0 Å². The van der Waals surface area contributed by atoms with Gasteiger partial charge in [-0.05, 0) is 48.2 Å². The van der Waals surface area contributed by atoms with Crippen molar-refractivity contribution in [2.45, 2.75) is 19.4 Å². The lowest BCUT2D eigenvalue weighted by Crippen LogP contribution is -2.14. The zero-order valence-electron chi connectivity index (χ0n) is 10.2. The molecule has 0 heterocycles. The molecule has 1 nitrogen and oxygen atoms in total. The smallest absolute Gasteiger partial charge is 0.0410 e. The molecule has 0 fully saturated rings. The molecule has 18 heavy (non-hydrogen) atoms. The molecule has 0 saturated carbocycles. The third-order valence-corrected chi connectivity index (χ3v) is 4.02. The zero-order chi connectivity index (χ0) is 13.1. The van der Waals surface area contributed by atoms with E-state index in [0.717, 1.165) is 16.5 Å². The van der Waals surface area contributed by atoms with Gasteiger partial charge in [0.15, 0.2) is 0 Å². The summed E-state index contributed by atoms with van der Waals surface area (Å²) in [5.41, 5.74) is 9.87. The summed E-state index contributed by atoms with van der Waals surface area (Å²) in [6, 6.07) is 14.0. The Kier molecular flexibility index (Phi) is 4.44. The molecule has 0 amide bonds. The van der Waals surface area contributed by atoms with Crippen molar-refractivity contribution in [1.82, 2.24) is 0 Å². The molecular weight excluding hydrogens is 310 g/mol. The van der Waals surface area contributed by atoms with Crippen molar-refractivity contribution in [1.29, 1.82) is 0 Å². The molecule has 0 aliphatic heterocycles. The van der Waals surface area contributed by atoms with Crippen molar-refractivity contribution in [3.8, 4) is 0 Å². The Labute approximate surface area is 121 Å². The minimum absolute atomic E-state index is 0.0563. The van der Waals surface area contributed by atoms with E-state index in [1.807, 2.05) is 30.3 Å². The van der Waals surface area contributed by atoms with Crippen LogP contribution in [0.25, 0.3) is 0 Å². The fourth-order valence-corrected chi connectivity index (χ4v) is 2.71. The van der Waals surface area contributed by atoms with Gasteiger partial charge in [-0.1, -0.05) is 51.8 Å². The Morgan fingerprint density at radius 1 is 1.22 bits per heavy atom. The highest BCUT2D eigenvalue weighted by molar-refractivity contribution is 9.10. The first-order valence-corrected chi connectivity index (χ1v) is 7.00. The Hall–Kier alpha value is -0.830. The minimum atomic E-state index is -0.0563. The minimum Gasteiger partial charge on any atom is -0.324 e. The third-order valence-electron chi connectivity index (χ3n) is 3.06. The van der Waals surface area contributed by atoms with Gasteiger partial charge in [-0.15, -0.1) is 0 Å². The average molecular weight is 325 g/mol. The van der Waals surface area contributed by atoms with Gasteiger partial charge in [-0.3, -0.25) is 0 Å². The van der Waals surface area contributed by atoms with Crippen LogP contribution in [0, 0.1) is 6.92 Å². The maximum absolute atomic E-state index is 6.28. The van der Waals surface area contributed by atoms with Gasteiger partial charge in [0.2, 0.25) is 0 Å². The Bertz CT molecular complexity index is 554. The van der Waals surface area contributed by atoms with Gasteiger partial charge in [0.1, 0.15) is 0 Å². The summed E-state index contributed by atoms with van der Waals surface area (Å²) in [5, 5.41) is 0.716. The van der Waals surface area contributed by atoms with E-state index in [-0.39, 0.29) is 6.04 Å². The predicted molar refractivity (Wildman–Crippen MR) is 81.0 cm³/mol. The van der Waals surface area contributed by atoms with E-state index in [0.29, 0.717) is 5.02 Å². The van der Waals surface area contributed by atoms with Gasteiger partial charge in [-0.25, -0.2) is 0 Å². The standard InChI is InChI=1S/C15H15BrClN/c1-10-4-2-3-5-11(10)8-15(18)13-9-12(17)6-7-14(13)16/h2-7,9,15H,8,18H2,1H3. The van der Waals surface area contributed by atoms with Crippen molar-refractivity contribution >= 4 is 27.5 Å². The molecule has 2 rings (SSSR count). The lowest BCUT2D eigenvalue weighted by atomic mass is 9.97. The molecule has 0 aliphatic rings. The summed E-state index contributed by atoms with van der Waals surface area (Å²) < 4.78 is 1.01. The van der Waals surface area contributed by atoms with Crippen LogP contribution in [0.1, 0.15) is 22.7 Å². The molecule has 3 heteroatoms. The lowest BCUT2D eigenvalue weighted by Gasteiger charge is -2.15. The first-order chi connectivity index (χ1) is 8.58. The maximum Gasteiger partial charge on any atom is 0.0410 e. The topological polar surface area (TPSA) is 26.0 Å². The zero-order valence-corrected chi connectivity index (χ0v) is 12.5. The number of hydrogen-bond acceptors (Lipinski definition) is 1. The largest absolute Gasteiger partial charge is 0.324 e. The van der Waals surface area contributed by atoms with Crippen LogP contribution >= 0.6 is 27.5 Å². The fourth-order valence-electron chi connectivity index (χ4n) is 1.98. The van der Waals surface area contributed by atoms with Crippen molar-refractivity contribution in [2.75, 3.05) is 0 Å². The highest BCUT2D eigenvalue weighted by Gasteiger charge is 2.12. The monoisotopic (exact) mass is 323 g/mol. The van der Waals surface area contributed by atoms with Gasteiger partial charge in [-0.2, -0.15) is 0 Å². The first kappa shape index (κ1) is 13.6. The molecule has 0 spiro atoms. The van der Waals surface area contributed by atoms with Crippen LogP contribution < -0.4 is 5.73 Å². The molecule has 0 radical (unpaired) electrons. The molecule has 2 aromatic carbocycles. The first-order valence-electron chi connectivity index (χ1n) is 5.83. The molecule has 0 aromatic heterocycles. The number of hydrogen-bond donors (Lipinski definition) is 1. The summed E-state index contributed by atoms with van der Waals surface area (Å²) in [5.74, 6) is 0. The van der Waals surface area contributed by atoms with E-state index in [1.54, 1.807) is 0 Å². The molecule has 0 bridgehead atoms. The SMILES string of the molecule is Cc1ccccc1CC(N)c1cc(Cl)ccc1Br. The highest BCUT2D eigenvalue weighted by atomic mass is 79.9. The number of aryl methyl sites for hydroxylation is 1. The molecule has 0 aliphatic carbocycles. The number of halogens is 2. The van der Waals surface area contributed by atoms with Gasteiger partial charge < -0.3 is 5.73 Å². The average Bonchev–Trinajstić information content (AvgIpc) is 2.35. The summed E-state index contributed by atoms with van der Waals surface area (Å²) in [6.07, 6.45) is 0.811. The second-order valence-electron chi connectivity index (χ2n) is 4.40. The van der Waals surface area contributed by atoms with Gasteiger partial charge in [0.05, 0.1) is 0 Å². The lowest BCUT2D eigenvalue weighted by molar-refractivity contribution is 0.715. The van der Waals surface area contributed by atoms with Gasteiger partial charge in [0.25, 0.3) is 0 Å². The molecule has 1 atom stereocenters. The highest BCUT2D eigenvalue weighted by Crippen LogP contribution is 2.28. The van der Waals surface area contributed by atoms with Crippen LogP contribution in [0.15, 0.2) is 46.9 Å². The number of nitrogens with two attached hydrogens (primary N) is 1. The number of rotatable bonds is 3. The third kappa shape index (κ3) is 3.14. The second-order valence-corrected chi connectivity index (χ2v) is 5.69. The fraction of sp³-hybridized carbons (Fsp3) is 0.200. The Morgan fingerprint density at radius 2 is 1.94 bits per heavy atom. The van der Waals surface area contributed by atoms with E-state index >= 15 is 0 Å². The van der Waals surface area contributed by atoms with E-state index in [2.05, 4.69) is 35.0 Å². The maximum atomic E-state index is 6.28. The molecule has 1 unspecified atom stereocenters. The van der Waals surface area contributed by atoms with Gasteiger partial charge in [0, 0.05) is 15.5 Å².